The Morgan fingerprint density at radius 1 is 1.29 bits per heavy atom. The summed E-state index contributed by atoms with van der Waals surface area (Å²) >= 11 is 1.69. The highest BCUT2D eigenvalue weighted by Gasteiger charge is 2.19. The molecule has 2 N–H and O–H groups in total. The number of aromatic nitrogens is 1. The van der Waals surface area contributed by atoms with Gasteiger partial charge in [0.25, 0.3) is 0 Å². The van der Waals surface area contributed by atoms with Crippen molar-refractivity contribution in [1.82, 2.24) is 4.98 Å². The van der Waals surface area contributed by atoms with Crippen LogP contribution in [0, 0.1) is 0 Å². The second-order valence-electron chi connectivity index (χ2n) is 4.46. The molecular formula is C11H14N2S. The maximum Gasteiger partial charge on any atom is 0.0992 e. The molecule has 2 nitrogen and oxygen atoms in total. The van der Waals surface area contributed by atoms with Crippen molar-refractivity contribution in [3.05, 3.63) is 23.2 Å². The Morgan fingerprint density at radius 2 is 2.00 bits per heavy atom. The molecule has 0 fully saturated rings. The van der Waals surface area contributed by atoms with E-state index in [9.17, 15) is 0 Å². The molecule has 0 saturated carbocycles. The summed E-state index contributed by atoms with van der Waals surface area (Å²) in [6.07, 6.45) is 0. The maximum atomic E-state index is 5.88. The van der Waals surface area contributed by atoms with Gasteiger partial charge in [-0.1, -0.05) is 26.8 Å². The zero-order valence-corrected chi connectivity index (χ0v) is 9.48. The minimum Gasteiger partial charge on any atom is -0.398 e. The SMILES string of the molecule is CC(C)(C)c1nc2cccc(N)c2s1. The number of hydrogen-bond acceptors (Lipinski definition) is 3. The normalized spacial score (nSPS) is 12.2. The van der Waals surface area contributed by atoms with Crippen LogP contribution in [0.1, 0.15) is 25.8 Å². The average Bonchev–Trinajstić information content (AvgIpc) is 2.48. The first kappa shape index (κ1) is 9.46. The summed E-state index contributed by atoms with van der Waals surface area (Å²) in [5, 5.41) is 1.14. The van der Waals surface area contributed by atoms with Gasteiger partial charge in [0.1, 0.15) is 0 Å². The second kappa shape index (κ2) is 2.95. The molecule has 1 aromatic heterocycles. The van der Waals surface area contributed by atoms with Gasteiger partial charge in [-0.25, -0.2) is 4.98 Å². The summed E-state index contributed by atoms with van der Waals surface area (Å²) in [7, 11) is 0. The third-order valence-corrected chi connectivity index (χ3v) is 3.63. The van der Waals surface area contributed by atoms with Gasteiger partial charge in [-0.3, -0.25) is 0 Å². The highest BCUT2D eigenvalue weighted by molar-refractivity contribution is 7.19. The molecule has 74 valence electrons. The van der Waals surface area contributed by atoms with Gasteiger partial charge in [0.15, 0.2) is 0 Å². The van der Waals surface area contributed by atoms with Gasteiger partial charge >= 0.3 is 0 Å². The van der Waals surface area contributed by atoms with Gasteiger partial charge in [-0.2, -0.15) is 0 Å². The predicted octanol–water partition coefficient (Wildman–Crippen LogP) is 3.18. The molecule has 0 aliphatic rings. The summed E-state index contributed by atoms with van der Waals surface area (Å²) in [5.41, 5.74) is 7.83. The summed E-state index contributed by atoms with van der Waals surface area (Å²) < 4.78 is 1.11. The Balaban J connectivity index is 2.69. The predicted molar refractivity (Wildman–Crippen MR) is 62.7 cm³/mol. The van der Waals surface area contributed by atoms with Crippen LogP contribution in [0.4, 0.5) is 5.69 Å². The average molecular weight is 206 g/mol. The van der Waals surface area contributed by atoms with Crippen LogP contribution in [0.3, 0.4) is 0 Å². The lowest BCUT2D eigenvalue weighted by molar-refractivity contribution is 0.587. The Bertz CT molecular complexity index is 466. The molecule has 0 unspecified atom stereocenters. The van der Waals surface area contributed by atoms with E-state index in [1.165, 1.54) is 0 Å². The molecule has 0 spiro atoms. The highest BCUT2D eigenvalue weighted by Crippen LogP contribution is 2.33. The monoisotopic (exact) mass is 206 g/mol. The van der Waals surface area contributed by atoms with Crippen LogP contribution in [0.5, 0.6) is 0 Å². The molecule has 1 aromatic carbocycles. The maximum absolute atomic E-state index is 5.88. The van der Waals surface area contributed by atoms with E-state index in [1.54, 1.807) is 11.3 Å². The van der Waals surface area contributed by atoms with Crippen molar-refractivity contribution in [3.63, 3.8) is 0 Å². The van der Waals surface area contributed by atoms with Gasteiger partial charge in [0.05, 0.1) is 20.9 Å². The van der Waals surface area contributed by atoms with E-state index in [4.69, 9.17) is 5.73 Å². The van der Waals surface area contributed by atoms with Crippen molar-refractivity contribution in [2.45, 2.75) is 26.2 Å². The molecule has 2 aromatic rings. The Labute approximate surface area is 87.8 Å². The smallest absolute Gasteiger partial charge is 0.0992 e. The largest absolute Gasteiger partial charge is 0.398 e. The molecule has 0 aliphatic heterocycles. The Morgan fingerprint density at radius 3 is 2.57 bits per heavy atom. The molecule has 14 heavy (non-hydrogen) atoms. The standard InChI is InChI=1S/C11H14N2S/c1-11(2,3)10-13-8-6-4-5-7(12)9(8)14-10/h4-6H,12H2,1-3H3. The number of anilines is 1. The number of benzene rings is 1. The Kier molecular flexibility index (Phi) is 2.00. The van der Waals surface area contributed by atoms with Crippen LogP contribution in [-0.2, 0) is 5.41 Å². The molecule has 0 saturated heterocycles. The van der Waals surface area contributed by atoms with Crippen LogP contribution in [0.15, 0.2) is 18.2 Å². The van der Waals surface area contributed by atoms with Gasteiger partial charge < -0.3 is 5.73 Å². The van der Waals surface area contributed by atoms with Gasteiger partial charge in [0.2, 0.25) is 0 Å². The molecular weight excluding hydrogens is 192 g/mol. The molecule has 1 heterocycles. The van der Waals surface area contributed by atoms with E-state index < -0.39 is 0 Å². The van der Waals surface area contributed by atoms with Crippen molar-refractivity contribution in [2.24, 2.45) is 0 Å². The van der Waals surface area contributed by atoms with Crippen LogP contribution in [-0.4, -0.2) is 4.98 Å². The third kappa shape index (κ3) is 1.48. The molecule has 0 radical (unpaired) electrons. The molecule has 0 amide bonds. The zero-order chi connectivity index (χ0) is 10.3. The lowest BCUT2D eigenvalue weighted by Gasteiger charge is -2.13. The van der Waals surface area contributed by atoms with Crippen molar-refractivity contribution < 1.29 is 0 Å². The van der Waals surface area contributed by atoms with Crippen molar-refractivity contribution in [1.29, 1.82) is 0 Å². The first-order valence-electron chi connectivity index (χ1n) is 4.64. The first-order valence-corrected chi connectivity index (χ1v) is 5.45. The zero-order valence-electron chi connectivity index (χ0n) is 8.66. The third-order valence-electron chi connectivity index (χ3n) is 2.09. The number of nitrogens with zero attached hydrogens (tertiary/aromatic N) is 1. The molecule has 2 rings (SSSR count). The van der Waals surface area contributed by atoms with E-state index in [0.717, 1.165) is 20.9 Å². The summed E-state index contributed by atoms with van der Waals surface area (Å²) in [6, 6.07) is 5.88. The number of rotatable bonds is 0. The topological polar surface area (TPSA) is 38.9 Å². The Hall–Kier alpha value is -1.09. The van der Waals surface area contributed by atoms with Gasteiger partial charge in [-0.15, -0.1) is 11.3 Å². The van der Waals surface area contributed by atoms with Crippen molar-refractivity contribution in [2.75, 3.05) is 5.73 Å². The minimum atomic E-state index is 0.107. The van der Waals surface area contributed by atoms with E-state index in [-0.39, 0.29) is 5.41 Å². The molecule has 3 heteroatoms. The minimum absolute atomic E-state index is 0.107. The number of nitrogens with two attached hydrogens (primary N) is 1. The molecule has 0 bridgehead atoms. The number of fused-ring (bicyclic) bond motifs is 1. The van der Waals surface area contributed by atoms with E-state index in [0.29, 0.717) is 0 Å². The lowest BCUT2D eigenvalue weighted by atomic mass is 9.98. The fraction of sp³-hybridized carbons (Fsp3) is 0.364. The van der Waals surface area contributed by atoms with Crippen LogP contribution >= 0.6 is 11.3 Å². The number of hydrogen-bond donors (Lipinski definition) is 1. The second-order valence-corrected chi connectivity index (χ2v) is 5.46. The van der Waals surface area contributed by atoms with E-state index >= 15 is 0 Å². The van der Waals surface area contributed by atoms with Gasteiger partial charge in [-0.05, 0) is 12.1 Å². The van der Waals surface area contributed by atoms with Crippen LogP contribution in [0.25, 0.3) is 10.2 Å². The molecule has 0 aliphatic carbocycles. The number of nitrogen functional groups attached to an aromatic ring is 1. The van der Waals surface area contributed by atoms with Crippen molar-refractivity contribution >= 4 is 27.2 Å². The first-order chi connectivity index (χ1) is 6.48. The summed E-state index contributed by atoms with van der Waals surface area (Å²) in [4.78, 5) is 4.58. The fourth-order valence-electron chi connectivity index (χ4n) is 1.29. The number of thiazole rings is 1. The fourth-order valence-corrected chi connectivity index (χ4v) is 2.34. The van der Waals surface area contributed by atoms with Gasteiger partial charge in [0, 0.05) is 5.41 Å². The van der Waals surface area contributed by atoms with E-state index in [1.807, 2.05) is 18.2 Å². The van der Waals surface area contributed by atoms with Crippen molar-refractivity contribution in [3.8, 4) is 0 Å². The summed E-state index contributed by atoms with van der Waals surface area (Å²) in [5.74, 6) is 0. The van der Waals surface area contributed by atoms with Crippen LogP contribution in [0.2, 0.25) is 0 Å². The van der Waals surface area contributed by atoms with Crippen LogP contribution < -0.4 is 5.73 Å². The lowest BCUT2D eigenvalue weighted by Crippen LogP contribution is -2.09. The summed E-state index contributed by atoms with van der Waals surface area (Å²) in [6.45, 7) is 6.50. The quantitative estimate of drug-likeness (QED) is 0.672. The molecule has 0 atom stereocenters. The van der Waals surface area contributed by atoms with E-state index in [2.05, 4.69) is 25.8 Å². The highest BCUT2D eigenvalue weighted by atomic mass is 32.1.